The Kier molecular flexibility index (Phi) is 15.9. The molecule has 0 aromatic heterocycles. The maximum Gasteiger partial charge on any atom is 1.00 e. The summed E-state index contributed by atoms with van der Waals surface area (Å²) in [6.45, 7) is 2.30. The summed E-state index contributed by atoms with van der Waals surface area (Å²) >= 11 is 0. The largest absolute Gasteiger partial charge is 1.00 e. The van der Waals surface area contributed by atoms with E-state index in [9.17, 15) is 4.57 Å². The fourth-order valence-electron chi connectivity index (χ4n) is 0.0527. The first-order chi connectivity index (χ1) is 2.41. The Labute approximate surface area is 60.8 Å². The quantitative estimate of drug-likeness (QED) is 0.314. The van der Waals surface area contributed by atoms with Crippen molar-refractivity contribution in [1.29, 1.82) is 0 Å². The van der Waals surface area contributed by atoms with Gasteiger partial charge in [-0.2, -0.15) is 0 Å². The second kappa shape index (κ2) is 9.41. The van der Waals surface area contributed by atoms with Gasteiger partial charge in [0.15, 0.2) is 0 Å². The maximum atomic E-state index is 9.28. The number of hydrogen-bond acceptors (Lipinski definition) is 2. The Morgan fingerprint density at radius 2 is 2.33 bits per heavy atom. The second-order valence-electron chi connectivity index (χ2n) is 0.492. The molecule has 0 amide bonds. The van der Waals surface area contributed by atoms with Crippen molar-refractivity contribution in [2.45, 2.75) is 6.92 Å². The summed E-state index contributed by atoms with van der Waals surface area (Å²) < 4.78 is 13.5. The van der Waals surface area contributed by atoms with Crippen LogP contribution in [0.1, 0.15) is 6.92 Å². The first-order valence-corrected chi connectivity index (χ1v) is 2.09. The third kappa shape index (κ3) is 8.91. The van der Waals surface area contributed by atoms with Crippen LogP contribution in [0.4, 0.5) is 0 Å². The van der Waals surface area contributed by atoms with E-state index in [-0.39, 0.29) is 38.2 Å². The van der Waals surface area contributed by atoms with Gasteiger partial charge < -0.3 is 0 Å². The van der Waals surface area contributed by atoms with Crippen molar-refractivity contribution in [3.63, 3.8) is 0 Å². The number of rotatable bonds is 2. The van der Waals surface area contributed by atoms with Gasteiger partial charge in [0.05, 0.1) is 6.61 Å². The summed E-state index contributed by atoms with van der Waals surface area (Å²) in [5.74, 6) is 0. The first-order valence-electron chi connectivity index (χ1n) is 1.36. The van der Waals surface area contributed by atoms with Gasteiger partial charge in [-0.15, -0.1) is 0 Å². The normalized spacial score (nSPS) is 7.50. The molecule has 0 aromatic carbocycles. The topological polar surface area (TPSA) is 26.3 Å². The molecule has 0 radical (unpaired) electrons. The molecule has 0 unspecified atom stereocenters. The zero-order chi connectivity index (χ0) is 4.12. The van der Waals surface area contributed by atoms with Gasteiger partial charge in [0.2, 0.25) is 0 Å². The van der Waals surface area contributed by atoms with Crippen molar-refractivity contribution in [1.82, 2.24) is 0 Å². The first kappa shape index (κ1) is 10.1. The Morgan fingerprint density at radius 1 is 1.83 bits per heavy atom. The minimum atomic E-state index is -0.220. The summed E-state index contributed by atoms with van der Waals surface area (Å²) in [6, 6.07) is 0. The van der Waals surface area contributed by atoms with Crippen LogP contribution in [0.25, 0.3) is 0 Å². The van der Waals surface area contributed by atoms with Crippen molar-refractivity contribution >= 4 is 8.69 Å². The van der Waals surface area contributed by atoms with Gasteiger partial charge in [0.25, 0.3) is 0 Å². The molecule has 0 saturated carbocycles. The summed E-state index contributed by atoms with van der Waals surface area (Å²) in [6.07, 6.45) is 0. The van der Waals surface area contributed by atoms with Crippen LogP contribution in [0.15, 0.2) is 0 Å². The molecule has 0 atom stereocenters. The van der Waals surface area contributed by atoms with E-state index in [4.69, 9.17) is 0 Å². The predicted molar refractivity (Wildman–Crippen MR) is 19.2 cm³/mol. The van der Waals surface area contributed by atoms with E-state index in [2.05, 4.69) is 4.52 Å². The Morgan fingerprint density at radius 3 is 2.33 bits per heavy atom. The van der Waals surface area contributed by atoms with Crippen LogP contribution in [0.2, 0.25) is 0 Å². The molecular formula is C2H5NaO2P+. The molecule has 0 rings (SSSR count). The molecule has 0 aromatic rings. The van der Waals surface area contributed by atoms with Crippen LogP contribution < -0.4 is 29.6 Å². The molecule has 0 saturated heterocycles. The Hall–Kier alpha value is 1.06. The monoisotopic (exact) mass is 115 g/mol. The van der Waals surface area contributed by atoms with Gasteiger partial charge in [-0.3, -0.25) is 4.52 Å². The molecule has 0 bridgehead atoms. The summed E-state index contributed by atoms with van der Waals surface area (Å²) in [4.78, 5) is 0. The minimum Gasteiger partial charge on any atom is -0.295 e. The van der Waals surface area contributed by atoms with Crippen LogP contribution in [-0.4, -0.2) is 6.61 Å². The van der Waals surface area contributed by atoms with Crippen LogP contribution in [0.5, 0.6) is 0 Å². The van der Waals surface area contributed by atoms with Gasteiger partial charge in [-0.05, 0) is 6.92 Å². The van der Waals surface area contributed by atoms with Crippen LogP contribution >= 0.6 is 8.69 Å². The molecule has 6 heavy (non-hydrogen) atoms. The smallest absolute Gasteiger partial charge is 0.295 e. The molecule has 0 aliphatic rings. The molecular weight excluding hydrogens is 110 g/mol. The molecule has 2 nitrogen and oxygen atoms in total. The van der Waals surface area contributed by atoms with E-state index in [0.29, 0.717) is 6.61 Å². The molecule has 0 heterocycles. The van der Waals surface area contributed by atoms with E-state index < -0.39 is 0 Å². The van der Waals surface area contributed by atoms with Crippen molar-refractivity contribution in [3.8, 4) is 0 Å². The molecule has 0 fully saturated rings. The van der Waals surface area contributed by atoms with Crippen molar-refractivity contribution in [2.24, 2.45) is 0 Å². The van der Waals surface area contributed by atoms with E-state index >= 15 is 0 Å². The van der Waals surface area contributed by atoms with Gasteiger partial charge >= 0.3 is 38.2 Å². The Bertz CT molecular complexity index is 32.7. The third-order valence-electron chi connectivity index (χ3n) is 0.182. The minimum absolute atomic E-state index is 0. The van der Waals surface area contributed by atoms with Crippen molar-refractivity contribution in [3.05, 3.63) is 0 Å². The molecule has 0 spiro atoms. The predicted octanol–water partition coefficient (Wildman–Crippen LogP) is -1.77. The van der Waals surface area contributed by atoms with Crippen LogP contribution in [0.3, 0.4) is 0 Å². The molecule has 0 aliphatic carbocycles. The third-order valence-corrected chi connectivity index (χ3v) is 0.545. The zero-order valence-electron chi connectivity index (χ0n) is 3.97. The average molecular weight is 115 g/mol. The molecule has 0 aliphatic heterocycles. The van der Waals surface area contributed by atoms with Crippen LogP contribution in [-0.2, 0) is 9.09 Å². The summed E-state index contributed by atoms with van der Waals surface area (Å²) in [5, 5.41) is 0. The van der Waals surface area contributed by atoms with E-state index in [0.717, 1.165) is 0 Å². The molecule has 30 valence electrons. The summed E-state index contributed by atoms with van der Waals surface area (Å²) in [7, 11) is -0.220. The van der Waals surface area contributed by atoms with Crippen LogP contribution in [0, 0.1) is 0 Å². The van der Waals surface area contributed by atoms with Gasteiger partial charge in [-0.25, -0.2) is 4.57 Å². The van der Waals surface area contributed by atoms with Gasteiger partial charge in [0.1, 0.15) is 0 Å². The fourth-order valence-corrected chi connectivity index (χ4v) is 0.158. The molecule has 0 N–H and O–H groups in total. The second-order valence-corrected chi connectivity index (χ2v) is 0.900. The average Bonchev–Trinajstić information content (AvgIpc) is 1.41. The van der Waals surface area contributed by atoms with Crippen molar-refractivity contribution < 1.29 is 38.6 Å². The zero-order valence-corrected chi connectivity index (χ0v) is 6.87. The fraction of sp³-hybridized carbons (Fsp3) is 1.00. The molecule has 4 heteroatoms. The van der Waals surface area contributed by atoms with Crippen molar-refractivity contribution in [2.75, 3.05) is 6.61 Å². The van der Waals surface area contributed by atoms with E-state index in [1.807, 2.05) is 0 Å². The number of hydrogen-bond donors (Lipinski definition) is 0. The SMILES string of the molecule is CCOP=O.[Na+]. The van der Waals surface area contributed by atoms with Gasteiger partial charge in [-0.1, -0.05) is 0 Å². The van der Waals surface area contributed by atoms with E-state index in [1.165, 1.54) is 0 Å². The standard InChI is InChI=1S/C2H5O2P.Na/c1-2-4-5-3;/h2H2,1H3;/q;+1. The van der Waals surface area contributed by atoms with E-state index in [1.54, 1.807) is 6.92 Å². The summed E-state index contributed by atoms with van der Waals surface area (Å²) in [5.41, 5.74) is 0. The Balaban J connectivity index is 0. The maximum absolute atomic E-state index is 9.28. The van der Waals surface area contributed by atoms with Gasteiger partial charge in [0, 0.05) is 0 Å².